The van der Waals surface area contributed by atoms with E-state index in [9.17, 15) is 14.9 Å². The lowest BCUT2D eigenvalue weighted by Crippen LogP contribution is -2.16. The average Bonchev–Trinajstić information content (AvgIpc) is 2.87. The largest absolute Gasteiger partial charge is 0.493 e. The predicted octanol–water partition coefficient (Wildman–Crippen LogP) is 5.61. The molecule has 0 bridgehead atoms. The van der Waals surface area contributed by atoms with Crippen molar-refractivity contribution in [2.45, 2.75) is 25.8 Å². The van der Waals surface area contributed by atoms with E-state index < -0.39 is 11.0 Å². The fourth-order valence-electron chi connectivity index (χ4n) is 3.67. The standard InChI is InChI=1S/C26H28N2O6/c1-5-17-6-10-20(11-7-17)27-21(18-8-12-24(32-2)22(14-18)28(30)31)16-23(29)19-9-13-25(33-3)26(15-19)34-4/h6-15,21,27H,5,16H2,1-4H3. The maximum atomic E-state index is 13.2. The van der Waals surface area contributed by atoms with Crippen LogP contribution in [0.2, 0.25) is 0 Å². The molecule has 3 aromatic rings. The van der Waals surface area contributed by atoms with Crippen molar-refractivity contribution >= 4 is 17.2 Å². The van der Waals surface area contributed by atoms with E-state index >= 15 is 0 Å². The van der Waals surface area contributed by atoms with Gasteiger partial charge in [-0.1, -0.05) is 25.1 Å². The van der Waals surface area contributed by atoms with Gasteiger partial charge >= 0.3 is 5.69 Å². The van der Waals surface area contributed by atoms with E-state index in [0.29, 0.717) is 22.6 Å². The van der Waals surface area contributed by atoms with Gasteiger partial charge in [-0.05, 0) is 53.9 Å². The van der Waals surface area contributed by atoms with Crippen LogP contribution in [0.1, 0.15) is 40.9 Å². The third-order valence-electron chi connectivity index (χ3n) is 5.60. The number of ketones is 1. The Labute approximate surface area is 198 Å². The number of anilines is 1. The first-order valence-electron chi connectivity index (χ1n) is 10.8. The van der Waals surface area contributed by atoms with Crippen molar-refractivity contribution in [1.29, 1.82) is 0 Å². The fourth-order valence-corrected chi connectivity index (χ4v) is 3.67. The molecule has 8 heteroatoms. The minimum Gasteiger partial charge on any atom is -0.493 e. The molecule has 3 rings (SSSR count). The molecule has 0 radical (unpaired) electrons. The van der Waals surface area contributed by atoms with Crippen LogP contribution in [-0.4, -0.2) is 32.0 Å². The normalized spacial score (nSPS) is 11.4. The van der Waals surface area contributed by atoms with E-state index in [-0.39, 0.29) is 23.6 Å². The van der Waals surface area contributed by atoms with Crippen LogP contribution in [0.25, 0.3) is 0 Å². The average molecular weight is 465 g/mol. The summed E-state index contributed by atoms with van der Waals surface area (Å²) in [5.74, 6) is 0.983. The summed E-state index contributed by atoms with van der Waals surface area (Å²) >= 11 is 0. The van der Waals surface area contributed by atoms with Gasteiger partial charge in [-0.15, -0.1) is 0 Å². The number of ether oxygens (including phenoxy) is 3. The van der Waals surface area contributed by atoms with E-state index in [1.165, 1.54) is 33.0 Å². The van der Waals surface area contributed by atoms with E-state index in [4.69, 9.17) is 14.2 Å². The first-order chi connectivity index (χ1) is 16.4. The predicted molar refractivity (Wildman–Crippen MR) is 130 cm³/mol. The molecule has 0 saturated carbocycles. The molecule has 8 nitrogen and oxygen atoms in total. The number of Topliss-reactive ketones (excluding diaryl/α,β-unsaturated/α-hetero) is 1. The van der Waals surface area contributed by atoms with Crippen molar-refractivity contribution in [3.63, 3.8) is 0 Å². The van der Waals surface area contributed by atoms with Gasteiger partial charge in [-0.25, -0.2) is 0 Å². The third kappa shape index (κ3) is 5.64. The Kier molecular flexibility index (Phi) is 8.08. The van der Waals surface area contributed by atoms with Gasteiger partial charge < -0.3 is 19.5 Å². The van der Waals surface area contributed by atoms with Crippen molar-refractivity contribution in [1.82, 2.24) is 0 Å². The second-order valence-electron chi connectivity index (χ2n) is 7.63. The Morgan fingerprint density at radius 2 is 1.56 bits per heavy atom. The van der Waals surface area contributed by atoms with Gasteiger partial charge in [0.05, 0.1) is 32.3 Å². The van der Waals surface area contributed by atoms with Crippen LogP contribution < -0.4 is 19.5 Å². The number of benzene rings is 3. The summed E-state index contributed by atoms with van der Waals surface area (Å²) in [5, 5.41) is 14.9. The Morgan fingerprint density at radius 3 is 2.15 bits per heavy atom. The van der Waals surface area contributed by atoms with Crippen LogP contribution >= 0.6 is 0 Å². The highest BCUT2D eigenvalue weighted by molar-refractivity contribution is 5.97. The fraction of sp³-hybridized carbons (Fsp3) is 0.269. The summed E-state index contributed by atoms with van der Waals surface area (Å²) in [5.41, 5.74) is 2.88. The number of carbonyl (C=O) groups is 1. The molecule has 0 aliphatic heterocycles. The van der Waals surface area contributed by atoms with Gasteiger partial charge in [0.15, 0.2) is 23.0 Å². The molecule has 0 saturated heterocycles. The van der Waals surface area contributed by atoms with Gasteiger partial charge in [0, 0.05) is 23.7 Å². The Morgan fingerprint density at radius 1 is 0.912 bits per heavy atom. The molecule has 0 aliphatic rings. The van der Waals surface area contributed by atoms with Gasteiger partial charge in [-0.3, -0.25) is 14.9 Å². The number of carbonyl (C=O) groups excluding carboxylic acids is 1. The van der Waals surface area contributed by atoms with E-state index in [1.807, 2.05) is 24.3 Å². The molecule has 3 aromatic carbocycles. The highest BCUT2D eigenvalue weighted by Crippen LogP contribution is 2.34. The number of nitro groups is 1. The number of nitrogens with one attached hydrogen (secondary N) is 1. The smallest absolute Gasteiger partial charge is 0.311 e. The lowest BCUT2D eigenvalue weighted by molar-refractivity contribution is -0.385. The van der Waals surface area contributed by atoms with Crippen LogP contribution in [0.3, 0.4) is 0 Å². The van der Waals surface area contributed by atoms with Crippen LogP contribution in [0, 0.1) is 10.1 Å². The number of nitro benzene ring substituents is 1. The van der Waals surface area contributed by atoms with Crippen molar-refractivity contribution in [3.8, 4) is 17.2 Å². The second-order valence-corrected chi connectivity index (χ2v) is 7.63. The molecule has 0 spiro atoms. The molecule has 0 aromatic heterocycles. The number of hydrogen-bond donors (Lipinski definition) is 1. The zero-order chi connectivity index (χ0) is 24.7. The third-order valence-corrected chi connectivity index (χ3v) is 5.60. The zero-order valence-corrected chi connectivity index (χ0v) is 19.7. The first-order valence-corrected chi connectivity index (χ1v) is 10.8. The molecule has 178 valence electrons. The van der Waals surface area contributed by atoms with Gasteiger partial charge in [0.1, 0.15) is 0 Å². The minimum atomic E-state index is -0.516. The summed E-state index contributed by atoms with van der Waals surface area (Å²) in [7, 11) is 4.42. The monoisotopic (exact) mass is 464 g/mol. The first kappa shape index (κ1) is 24.6. The lowest BCUT2D eigenvalue weighted by atomic mass is 9.96. The summed E-state index contributed by atoms with van der Waals surface area (Å²) < 4.78 is 15.7. The zero-order valence-electron chi connectivity index (χ0n) is 19.7. The molecule has 34 heavy (non-hydrogen) atoms. The van der Waals surface area contributed by atoms with Gasteiger partial charge in [0.2, 0.25) is 0 Å². The van der Waals surface area contributed by atoms with Crippen LogP contribution in [0.5, 0.6) is 17.2 Å². The maximum absolute atomic E-state index is 13.2. The van der Waals surface area contributed by atoms with Gasteiger partial charge in [-0.2, -0.15) is 0 Å². The number of nitrogens with zero attached hydrogens (tertiary/aromatic N) is 1. The highest BCUT2D eigenvalue weighted by Gasteiger charge is 2.23. The lowest BCUT2D eigenvalue weighted by Gasteiger charge is -2.21. The Balaban J connectivity index is 1.96. The topological polar surface area (TPSA) is 99.9 Å². The van der Waals surface area contributed by atoms with Crippen LogP contribution in [0.15, 0.2) is 60.7 Å². The van der Waals surface area contributed by atoms with Crippen LogP contribution in [0.4, 0.5) is 11.4 Å². The number of methoxy groups -OCH3 is 3. The molecule has 0 fully saturated rings. The summed E-state index contributed by atoms with van der Waals surface area (Å²) in [6.45, 7) is 2.07. The Hall–Kier alpha value is -4.07. The molecular formula is C26H28N2O6. The quantitative estimate of drug-likeness (QED) is 0.224. The molecule has 0 aliphatic carbocycles. The van der Waals surface area contributed by atoms with Crippen molar-refractivity contribution < 1.29 is 23.9 Å². The number of rotatable bonds is 11. The van der Waals surface area contributed by atoms with E-state index in [0.717, 1.165) is 12.1 Å². The summed E-state index contributed by atoms with van der Waals surface area (Å²) in [6, 6.07) is 17.1. The number of hydrogen-bond acceptors (Lipinski definition) is 7. The van der Waals surface area contributed by atoms with Crippen molar-refractivity contribution in [3.05, 3.63) is 87.5 Å². The maximum Gasteiger partial charge on any atom is 0.311 e. The molecule has 1 unspecified atom stereocenters. The van der Waals surface area contributed by atoms with Crippen LogP contribution in [-0.2, 0) is 6.42 Å². The Bertz CT molecular complexity index is 1160. The minimum absolute atomic E-state index is 0.0640. The van der Waals surface area contributed by atoms with Gasteiger partial charge in [0.25, 0.3) is 0 Å². The van der Waals surface area contributed by atoms with E-state index in [1.54, 1.807) is 30.3 Å². The summed E-state index contributed by atoms with van der Waals surface area (Å²) in [4.78, 5) is 24.3. The molecule has 0 heterocycles. The molecule has 1 atom stereocenters. The SMILES string of the molecule is CCc1ccc(NC(CC(=O)c2ccc(OC)c(OC)c2)c2ccc(OC)c([N+](=O)[O-])c2)cc1. The molecular weight excluding hydrogens is 436 g/mol. The molecule has 1 N–H and O–H groups in total. The van der Waals surface area contributed by atoms with Crippen molar-refractivity contribution in [2.75, 3.05) is 26.6 Å². The van der Waals surface area contributed by atoms with E-state index in [2.05, 4.69) is 12.2 Å². The molecule has 0 amide bonds. The van der Waals surface area contributed by atoms with Crippen molar-refractivity contribution in [2.24, 2.45) is 0 Å². The highest BCUT2D eigenvalue weighted by atomic mass is 16.6. The summed E-state index contributed by atoms with van der Waals surface area (Å²) in [6.07, 6.45) is 0.973. The number of aryl methyl sites for hydroxylation is 1. The second kappa shape index (κ2) is 11.2.